The maximum atomic E-state index is 12.0. The highest BCUT2D eigenvalue weighted by molar-refractivity contribution is 6.33. The highest BCUT2D eigenvalue weighted by Crippen LogP contribution is 2.24. The third kappa shape index (κ3) is 5.15. The highest BCUT2D eigenvalue weighted by atomic mass is 35.5. The van der Waals surface area contributed by atoms with Gasteiger partial charge < -0.3 is 16.0 Å². The van der Waals surface area contributed by atoms with Crippen LogP contribution < -0.4 is 16.0 Å². The first-order valence-corrected chi connectivity index (χ1v) is 9.71. The maximum Gasteiger partial charge on any atom is 0.319 e. The minimum absolute atomic E-state index is 0.314. The molecule has 0 unspecified atom stereocenters. The third-order valence-electron chi connectivity index (χ3n) is 4.46. The van der Waals surface area contributed by atoms with Gasteiger partial charge in [0.1, 0.15) is 11.9 Å². The number of nitrogens with zero attached hydrogens (tertiary/aromatic N) is 2. The Morgan fingerprint density at radius 3 is 2.72 bits per heavy atom. The molecule has 0 saturated heterocycles. The molecule has 2 amide bonds. The van der Waals surface area contributed by atoms with Gasteiger partial charge in [-0.05, 0) is 55.7 Å². The van der Waals surface area contributed by atoms with Crippen LogP contribution in [0.25, 0.3) is 10.9 Å². The van der Waals surface area contributed by atoms with E-state index < -0.39 is 0 Å². The topological polar surface area (TPSA) is 89.8 Å². The van der Waals surface area contributed by atoms with E-state index in [0.29, 0.717) is 41.6 Å². The maximum absolute atomic E-state index is 12.0. The molecule has 0 spiro atoms. The van der Waals surface area contributed by atoms with Crippen molar-refractivity contribution in [2.75, 3.05) is 23.7 Å². The number of nitriles is 1. The molecule has 29 heavy (non-hydrogen) atoms. The summed E-state index contributed by atoms with van der Waals surface area (Å²) in [4.78, 5) is 16.6. The van der Waals surface area contributed by atoms with Gasteiger partial charge in [0.15, 0.2) is 0 Å². The summed E-state index contributed by atoms with van der Waals surface area (Å²) in [6.07, 6.45) is 0.674. The number of anilines is 2. The van der Waals surface area contributed by atoms with Gasteiger partial charge >= 0.3 is 6.03 Å². The molecule has 0 bridgehead atoms. The average Bonchev–Trinajstić information content (AvgIpc) is 2.69. The van der Waals surface area contributed by atoms with Crippen LogP contribution in [-0.2, 0) is 0 Å². The first-order valence-electron chi connectivity index (χ1n) is 9.33. The third-order valence-corrected chi connectivity index (χ3v) is 4.79. The van der Waals surface area contributed by atoms with Crippen LogP contribution in [-0.4, -0.2) is 24.1 Å². The summed E-state index contributed by atoms with van der Waals surface area (Å²) < 4.78 is 0. The number of pyridine rings is 1. The molecule has 0 aliphatic rings. The molecule has 0 aliphatic heterocycles. The van der Waals surface area contributed by atoms with E-state index >= 15 is 0 Å². The second-order valence-electron chi connectivity index (χ2n) is 6.79. The zero-order valence-electron chi connectivity index (χ0n) is 16.3. The number of para-hydroxylation sites is 1. The van der Waals surface area contributed by atoms with Gasteiger partial charge in [-0.1, -0.05) is 29.8 Å². The van der Waals surface area contributed by atoms with Crippen LogP contribution in [0.5, 0.6) is 0 Å². The van der Waals surface area contributed by atoms with Crippen molar-refractivity contribution in [1.82, 2.24) is 10.3 Å². The number of aryl methyl sites for hydroxylation is 2. The van der Waals surface area contributed by atoms with Crippen LogP contribution in [0.1, 0.15) is 23.1 Å². The molecule has 3 N–H and O–H groups in total. The number of nitrogens with one attached hydrogen (secondary N) is 3. The summed E-state index contributed by atoms with van der Waals surface area (Å²) in [5.74, 6) is 0.561. The van der Waals surface area contributed by atoms with Crippen LogP contribution in [0.2, 0.25) is 5.02 Å². The number of carbonyl (C=O) groups is 1. The normalized spacial score (nSPS) is 10.4. The zero-order chi connectivity index (χ0) is 20.8. The van der Waals surface area contributed by atoms with Crippen LogP contribution in [0, 0.1) is 25.2 Å². The van der Waals surface area contributed by atoms with Crippen molar-refractivity contribution in [3.8, 4) is 6.07 Å². The summed E-state index contributed by atoms with van der Waals surface area (Å²) in [5, 5.41) is 19.6. The second kappa shape index (κ2) is 9.26. The minimum Gasteiger partial charge on any atom is -0.369 e. The van der Waals surface area contributed by atoms with E-state index in [9.17, 15) is 10.1 Å². The Kier molecular flexibility index (Phi) is 6.53. The van der Waals surface area contributed by atoms with Gasteiger partial charge in [0.25, 0.3) is 0 Å². The Labute approximate surface area is 174 Å². The molecule has 7 heteroatoms. The number of urea groups is 1. The quantitative estimate of drug-likeness (QED) is 0.501. The number of hydrogen-bond acceptors (Lipinski definition) is 4. The summed E-state index contributed by atoms with van der Waals surface area (Å²) in [5.41, 5.74) is 4.17. The predicted octanol–water partition coefficient (Wildman–Crippen LogP) is 5.00. The Bertz CT molecular complexity index is 1090. The molecule has 3 aromatic rings. The molecule has 1 aromatic heterocycles. The van der Waals surface area contributed by atoms with Gasteiger partial charge in [0.2, 0.25) is 0 Å². The van der Waals surface area contributed by atoms with Crippen LogP contribution in [0.4, 0.5) is 16.3 Å². The fourth-order valence-corrected chi connectivity index (χ4v) is 3.26. The van der Waals surface area contributed by atoms with Gasteiger partial charge in [-0.2, -0.15) is 5.26 Å². The fraction of sp³-hybridized carbons (Fsp3) is 0.227. The van der Waals surface area contributed by atoms with E-state index in [2.05, 4.69) is 33.1 Å². The van der Waals surface area contributed by atoms with Crippen LogP contribution >= 0.6 is 11.6 Å². The number of rotatable bonds is 6. The Morgan fingerprint density at radius 2 is 1.97 bits per heavy atom. The molecule has 0 aliphatic carbocycles. The lowest BCUT2D eigenvalue weighted by Gasteiger charge is -2.12. The molecule has 1 heterocycles. The van der Waals surface area contributed by atoms with Crippen molar-refractivity contribution in [2.24, 2.45) is 0 Å². The highest BCUT2D eigenvalue weighted by Gasteiger charge is 2.09. The number of fused-ring (bicyclic) bond motifs is 1. The number of hydrogen-bond donors (Lipinski definition) is 3. The van der Waals surface area contributed by atoms with Gasteiger partial charge in [-0.3, -0.25) is 0 Å². The molecule has 0 fully saturated rings. The van der Waals surface area contributed by atoms with Crippen molar-refractivity contribution < 1.29 is 4.79 Å². The molecular formula is C22H22ClN5O. The Morgan fingerprint density at radius 1 is 1.17 bits per heavy atom. The van der Waals surface area contributed by atoms with Crippen molar-refractivity contribution in [1.29, 1.82) is 5.26 Å². The van der Waals surface area contributed by atoms with Crippen LogP contribution in [0.3, 0.4) is 0 Å². The minimum atomic E-state index is -0.314. The molecule has 3 rings (SSSR count). The Balaban J connectivity index is 1.54. The number of aromatic nitrogens is 1. The van der Waals surface area contributed by atoms with Crippen molar-refractivity contribution in [2.45, 2.75) is 20.3 Å². The van der Waals surface area contributed by atoms with E-state index in [1.807, 2.05) is 26.0 Å². The smallest absolute Gasteiger partial charge is 0.319 e. The first-order chi connectivity index (χ1) is 14.0. The van der Waals surface area contributed by atoms with E-state index in [-0.39, 0.29) is 6.03 Å². The number of carbonyl (C=O) groups excluding carboxylic acids is 1. The molecule has 0 radical (unpaired) electrons. The van der Waals surface area contributed by atoms with Gasteiger partial charge in [0, 0.05) is 18.5 Å². The molecule has 6 nitrogen and oxygen atoms in total. The standard InChI is InChI=1S/C22H22ClN5O/c1-14-10-15(2)17-12-16(13-24)21(27-20(17)11-14)25-8-5-9-26-22(29)28-19-7-4-3-6-18(19)23/h3-4,6-7,10-12H,5,8-9H2,1-2H3,(H,25,27)(H2,26,28,29). The summed E-state index contributed by atoms with van der Waals surface area (Å²) >= 11 is 6.02. The molecule has 0 saturated carbocycles. The predicted molar refractivity (Wildman–Crippen MR) is 118 cm³/mol. The van der Waals surface area contributed by atoms with E-state index in [1.165, 1.54) is 0 Å². The van der Waals surface area contributed by atoms with Crippen LogP contribution in [0.15, 0.2) is 42.5 Å². The molecule has 148 valence electrons. The number of amides is 2. The first kappa shape index (κ1) is 20.4. The van der Waals surface area contributed by atoms with Gasteiger partial charge in [0.05, 0.1) is 21.8 Å². The van der Waals surface area contributed by atoms with Gasteiger partial charge in [-0.25, -0.2) is 9.78 Å². The zero-order valence-corrected chi connectivity index (χ0v) is 17.1. The summed E-state index contributed by atoms with van der Waals surface area (Å²) in [6, 6.07) is 14.9. The average molecular weight is 408 g/mol. The SMILES string of the molecule is Cc1cc(C)c2cc(C#N)c(NCCCNC(=O)Nc3ccccc3Cl)nc2c1. The monoisotopic (exact) mass is 407 g/mol. The van der Waals surface area contributed by atoms with E-state index in [4.69, 9.17) is 11.6 Å². The lowest BCUT2D eigenvalue weighted by molar-refractivity contribution is 0.252. The Hall–Kier alpha value is -3.30. The van der Waals surface area contributed by atoms with Gasteiger partial charge in [-0.15, -0.1) is 0 Å². The molecule has 0 atom stereocenters. The van der Waals surface area contributed by atoms with E-state index in [0.717, 1.165) is 22.0 Å². The number of halogens is 1. The van der Waals surface area contributed by atoms with Crippen molar-refractivity contribution in [3.05, 3.63) is 64.2 Å². The fourth-order valence-electron chi connectivity index (χ4n) is 3.08. The lowest BCUT2D eigenvalue weighted by atomic mass is 10.0. The summed E-state index contributed by atoms with van der Waals surface area (Å²) in [6.45, 7) is 5.09. The second-order valence-corrected chi connectivity index (χ2v) is 7.19. The summed E-state index contributed by atoms with van der Waals surface area (Å²) in [7, 11) is 0. The largest absolute Gasteiger partial charge is 0.369 e. The van der Waals surface area contributed by atoms with E-state index in [1.54, 1.807) is 24.3 Å². The lowest BCUT2D eigenvalue weighted by Crippen LogP contribution is -2.30. The molecule has 2 aromatic carbocycles. The molecular weight excluding hydrogens is 386 g/mol. The van der Waals surface area contributed by atoms with Crippen molar-refractivity contribution >= 4 is 40.0 Å². The number of benzene rings is 2. The van der Waals surface area contributed by atoms with Crippen molar-refractivity contribution in [3.63, 3.8) is 0 Å².